The molecule has 3 nitrogen and oxygen atoms in total. The van der Waals surface area contributed by atoms with E-state index in [1.807, 2.05) is 24.3 Å². The van der Waals surface area contributed by atoms with Gasteiger partial charge in [0.1, 0.15) is 0 Å². The SMILES string of the molecule is Cc1cccc(C)c1NCCC(=O)Nc1ccccc1C(C)C. The van der Waals surface area contributed by atoms with E-state index in [0.29, 0.717) is 18.9 Å². The van der Waals surface area contributed by atoms with Crippen LogP contribution in [0.2, 0.25) is 0 Å². The minimum Gasteiger partial charge on any atom is -0.384 e. The first kappa shape index (κ1) is 17.1. The van der Waals surface area contributed by atoms with Gasteiger partial charge in [-0.1, -0.05) is 50.2 Å². The zero-order valence-electron chi connectivity index (χ0n) is 14.4. The Balaban J connectivity index is 1.91. The van der Waals surface area contributed by atoms with Gasteiger partial charge in [-0.25, -0.2) is 0 Å². The molecule has 0 unspecified atom stereocenters. The summed E-state index contributed by atoms with van der Waals surface area (Å²) >= 11 is 0. The summed E-state index contributed by atoms with van der Waals surface area (Å²) in [6.45, 7) is 9.05. The van der Waals surface area contributed by atoms with Gasteiger partial charge in [-0.3, -0.25) is 4.79 Å². The lowest BCUT2D eigenvalue weighted by Crippen LogP contribution is -2.17. The van der Waals surface area contributed by atoms with Crippen molar-refractivity contribution in [3.8, 4) is 0 Å². The first-order valence-corrected chi connectivity index (χ1v) is 8.18. The van der Waals surface area contributed by atoms with Gasteiger partial charge in [0.05, 0.1) is 0 Å². The van der Waals surface area contributed by atoms with Gasteiger partial charge < -0.3 is 10.6 Å². The molecular weight excluding hydrogens is 284 g/mol. The average Bonchev–Trinajstić information content (AvgIpc) is 2.50. The Morgan fingerprint density at radius 1 is 1.00 bits per heavy atom. The second kappa shape index (κ2) is 7.82. The number of amides is 1. The van der Waals surface area contributed by atoms with Crippen LogP contribution in [-0.4, -0.2) is 12.5 Å². The molecule has 0 aliphatic heterocycles. The Morgan fingerprint density at radius 2 is 1.65 bits per heavy atom. The highest BCUT2D eigenvalue weighted by Crippen LogP contribution is 2.24. The molecule has 1 amide bonds. The number of hydrogen-bond acceptors (Lipinski definition) is 2. The average molecular weight is 310 g/mol. The Kier molecular flexibility index (Phi) is 5.80. The van der Waals surface area contributed by atoms with E-state index in [1.54, 1.807) is 0 Å². The molecular formula is C20H26N2O. The lowest BCUT2D eigenvalue weighted by molar-refractivity contribution is -0.115. The van der Waals surface area contributed by atoms with Crippen LogP contribution in [0.4, 0.5) is 11.4 Å². The zero-order chi connectivity index (χ0) is 16.8. The highest BCUT2D eigenvalue weighted by molar-refractivity contribution is 5.91. The molecule has 0 aliphatic rings. The molecule has 0 bridgehead atoms. The Morgan fingerprint density at radius 3 is 2.30 bits per heavy atom. The van der Waals surface area contributed by atoms with Crippen molar-refractivity contribution in [3.63, 3.8) is 0 Å². The van der Waals surface area contributed by atoms with Crippen molar-refractivity contribution < 1.29 is 4.79 Å². The number of carbonyl (C=O) groups excluding carboxylic acids is 1. The van der Waals surface area contributed by atoms with E-state index in [1.165, 1.54) is 16.7 Å². The van der Waals surface area contributed by atoms with Gasteiger partial charge >= 0.3 is 0 Å². The number of anilines is 2. The lowest BCUT2D eigenvalue weighted by atomic mass is 10.0. The molecule has 2 aromatic carbocycles. The Hall–Kier alpha value is -2.29. The van der Waals surface area contributed by atoms with Gasteiger partial charge in [0.25, 0.3) is 0 Å². The molecule has 122 valence electrons. The van der Waals surface area contributed by atoms with Crippen LogP contribution in [0, 0.1) is 13.8 Å². The fraction of sp³-hybridized carbons (Fsp3) is 0.350. The van der Waals surface area contributed by atoms with Crippen LogP contribution in [0.1, 0.15) is 42.9 Å². The second-order valence-corrected chi connectivity index (χ2v) is 6.23. The third-order valence-electron chi connectivity index (χ3n) is 3.99. The number of rotatable bonds is 6. The number of hydrogen-bond donors (Lipinski definition) is 2. The van der Waals surface area contributed by atoms with E-state index < -0.39 is 0 Å². The largest absolute Gasteiger partial charge is 0.384 e. The standard InChI is InChI=1S/C20H26N2O/c1-14(2)17-10-5-6-11-18(17)22-19(23)12-13-21-20-15(3)8-7-9-16(20)4/h5-11,14,21H,12-13H2,1-4H3,(H,22,23). The Bertz CT molecular complexity index is 657. The van der Waals surface area contributed by atoms with Crippen LogP contribution >= 0.6 is 0 Å². The third-order valence-corrected chi connectivity index (χ3v) is 3.99. The van der Waals surface area contributed by atoms with Crippen LogP contribution in [0.5, 0.6) is 0 Å². The molecule has 2 aromatic rings. The van der Waals surface area contributed by atoms with E-state index in [-0.39, 0.29) is 5.91 Å². The summed E-state index contributed by atoms with van der Waals surface area (Å²) in [5.74, 6) is 0.427. The fourth-order valence-electron chi connectivity index (χ4n) is 2.72. The topological polar surface area (TPSA) is 41.1 Å². The molecule has 0 heterocycles. The van der Waals surface area contributed by atoms with Gasteiger partial charge in [0.15, 0.2) is 0 Å². The summed E-state index contributed by atoms with van der Waals surface area (Å²) in [6.07, 6.45) is 0.445. The minimum absolute atomic E-state index is 0.0387. The Labute approximate surface area is 139 Å². The zero-order valence-corrected chi connectivity index (χ0v) is 14.4. The molecule has 0 saturated carbocycles. The van der Waals surface area contributed by atoms with Crippen molar-refractivity contribution in [3.05, 3.63) is 59.2 Å². The summed E-state index contributed by atoms with van der Waals surface area (Å²) in [6, 6.07) is 14.2. The summed E-state index contributed by atoms with van der Waals surface area (Å²) in [4.78, 5) is 12.2. The van der Waals surface area contributed by atoms with Crippen molar-refractivity contribution in [2.24, 2.45) is 0 Å². The summed E-state index contributed by atoms with van der Waals surface area (Å²) in [7, 11) is 0. The van der Waals surface area contributed by atoms with Gasteiger partial charge in [-0.05, 0) is 42.5 Å². The third kappa shape index (κ3) is 4.59. The number of aryl methyl sites for hydroxylation is 2. The van der Waals surface area contributed by atoms with Crippen LogP contribution in [0.25, 0.3) is 0 Å². The van der Waals surface area contributed by atoms with Crippen molar-refractivity contribution in [2.75, 3.05) is 17.2 Å². The second-order valence-electron chi connectivity index (χ2n) is 6.23. The molecule has 2 N–H and O–H groups in total. The predicted octanol–water partition coefficient (Wildman–Crippen LogP) is 4.87. The molecule has 0 atom stereocenters. The molecule has 3 heteroatoms. The molecule has 0 saturated heterocycles. The van der Waals surface area contributed by atoms with Crippen molar-refractivity contribution >= 4 is 17.3 Å². The van der Waals surface area contributed by atoms with Crippen molar-refractivity contribution in [1.29, 1.82) is 0 Å². The van der Waals surface area contributed by atoms with Crippen LogP contribution in [0.3, 0.4) is 0 Å². The monoisotopic (exact) mass is 310 g/mol. The van der Waals surface area contributed by atoms with Crippen LogP contribution < -0.4 is 10.6 Å². The molecule has 0 aliphatic carbocycles. The predicted molar refractivity (Wildman–Crippen MR) is 98.2 cm³/mol. The lowest BCUT2D eigenvalue weighted by Gasteiger charge is -2.15. The van der Waals surface area contributed by atoms with E-state index in [9.17, 15) is 4.79 Å². The molecule has 0 radical (unpaired) electrons. The van der Waals surface area contributed by atoms with Crippen molar-refractivity contribution in [1.82, 2.24) is 0 Å². The first-order chi connectivity index (χ1) is 11.0. The maximum Gasteiger partial charge on any atom is 0.226 e. The van der Waals surface area contributed by atoms with Crippen LogP contribution in [0.15, 0.2) is 42.5 Å². The summed E-state index contributed by atoms with van der Waals surface area (Å²) in [5, 5.41) is 6.40. The first-order valence-electron chi connectivity index (χ1n) is 8.18. The van der Waals surface area contributed by atoms with E-state index in [4.69, 9.17) is 0 Å². The summed E-state index contributed by atoms with van der Waals surface area (Å²) in [5.41, 5.74) is 5.62. The number of carbonyl (C=O) groups is 1. The number of nitrogens with one attached hydrogen (secondary N) is 2. The number of para-hydroxylation sites is 2. The highest BCUT2D eigenvalue weighted by Gasteiger charge is 2.09. The van der Waals surface area contributed by atoms with E-state index >= 15 is 0 Å². The van der Waals surface area contributed by atoms with E-state index in [0.717, 1.165) is 11.4 Å². The maximum absolute atomic E-state index is 12.2. The molecule has 0 aromatic heterocycles. The van der Waals surface area contributed by atoms with Gasteiger partial charge in [0, 0.05) is 24.3 Å². The highest BCUT2D eigenvalue weighted by atomic mass is 16.1. The fourth-order valence-corrected chi connectivity index (χ4v) is 2.72. The van der Waals surface area contributed by atoms with E-state index in [2.05, 4.69) is 56.5 Å². The smallest absolute Gasteiger partial charge is 0.226 e. The van der Waals surface area contributed by atoms with Gasteiger partial charge in [-0.15, -0.1) is 0 Å². The maximum atomic E-state index is 12.2. The molecule has 0 fully saturated rings. The van der Waals surface area contributed by atoms with Crippen LogP contribution in [-0.2, 0) is 4.79 Å². The minimum atomic E-state index is 0.0387. The molecule has 0 spiro atoms. The van der Waals surface area contributed by atoms with Gasteiger partial charge in [0.2, 0.25) is 5.91 Å². The summed E-state index contributed by atoms with van der Waals surface area (Å²) < 4.78 is 0. The van der Waals surface area contributed by atoms with Crippen molar-refractivity contribution in [2.45, 2.75) is 40.0 Å². The molecule has 23 heavy (non-hydrogen) atoms. The molecule has 2 rings (SSSR count). The quantitative estimate of drug-likeness (QED) is 0.799. The number of benzene rings is 2. The normalized spacial score (nSPS) is 10.7. The van der Waals surface area contributed by atoms with Gasteiger partial charge in [-0.2, -0.15) is 0 Å².